The Morgan fingerprint density at radius 2 is 1.97 bits per heavy atom. The van der Waals surface area contributed by atoms with Crippen LogP contribution in [0.3, 0.4) is 0 Å². The average Bonchev–Trinajstić information content (AvgIpc) is 3.55. The molecule has 1 N–H and O–H groups in total. The van der Waals surface area contributed by atoms with E-state index in [0.717, 1.165) is 32.3 Å². The molecule has 0 spiro atoms. The summed E-state index contributed by atoms with van der Waals surface area (Å²) in [7, 11) is 0. The molecule has 2 atom stereocenters. The van der Waals surface area contributed by atoms with Gasteiger partial charge in [0.2, 0.25) is 0 Å². The maximum Gasteiger partial charge on any atom is 0.267 e. The van der Waals surface area contributed by atoms with Crippen LogP contribution >= 0.6 is 24.0 Å². The summed E-state index contributed by atoms with van der Waals surface area (Å²) in [5.41, 5.74) is 0.634. The monoisotopic (exact) mass is 472 g/mol. The van der Waals surface area contributed by atoms with E-state index < -0.39 is 0 Å². The molecule has 0 bridgehead atoms. The quantitative estimate of drug-likeness (QED) is 0.507. The number of nitrogens with zero attached hydrogens (tertiary/aromatic N) is 3. The number of hydrogen-bond acceptors (Lipinski definition) is 8. The van der Waals surface area contributed by atoms with Gasteiger partial charge in [0.1, 0.15) is 15.8 Å². The molecule has 5 rings (SSSR count). The van der Waals surface area contributed by atoms with E-state index in [-0.39, 0.29) is 23.7 Å². The van der Waals surface area contributed by atoms with E-state index in [1.165, 1.54) is 16.2 Å². The van der Waals surface area contributed by atoms with Gasteiger partial charge in [-0.1, -0.05) is 30.0 Å². The first kappa shape index (κ1) is 21.6. The number of thiocarbonyl (C=S) groups is 1. The maximum atomic E-state index is 13.3. The highest BCUT2D eigenvalue weighted by molar-refractivity contribution is 8.26. The Balaban J connectivity index is 1.47. The highest BCUT2D eigenvalue weighted by Crippen LogP contribution is 2.34. The predicted octanol–water partition coefficient (Wildman–Crippen LogP) is 2.67. The second kappa shape index (κ2) is 9.30. The summed E-state index contributed by atoms with van der Waals surface area (Å²) in [5, 5.41) is 3.28. The van der Waals surface area contributed by atoms with Gasteiger partial charge in [0, 0.05) is 26.0 Å². The van der Waals surface area contributed by atoms with E-state index >= 15 is 0 Å². The van der Waals surface area contributed by atoms with Crippen LogP contribution in [-0.2, 0) is 14.3 Å². The summed E-state index contributed by atoms with van der Waals surface area (Å²) in [6, 6.07) is 5.39. The molecular weight excluding hydrogens is 448 g/mol. The van der Waals surface area contributed by atoms with Crippen LogP contribution < -0.4 is 10.9 Å². The summed E-state index contributed by atoms with van der Waals surface area (Å²) >= 11 is 6.66. The van der Waals surface area contributed by atoms with E-state index in [1.54, 1.807) is 29.3 Å². The van der Waals surface area contributed by atoms with Gasteiger partial charge in [0.05, 0.1) is 29.2 Å². The van der Waals surface area contributed by atoms with Crippen LogP contribution in [0.15, 0.2) is 34.1 Å². The minimum absolute atomic E-state index is 0.00782. The van der Waals surface area contributed by atoms with Crippen LogP contribution in [-0.4, -0.2) is 63.0 Å². The van der Waals surface area contributed by atoms with Crippen molar-refractivity contribution in [2.24, 2.45) is 0 Å². The standard InChI is InChI=1S/C22H24N4O4S2/c27-20-16(11-17-21(28)26(22(31)32-17)13-15-6-4-10-30-15)19(23-12-14-5-3-9-29-14)24-18-7-1-2-8-25(18)20/h1-2,7-8,11,14-15,23H,3-6,9-10,12-13H2/b17-11+/t14-,15+/m0/s1. The zero-order valence-corrected chi connectivity index (χ0v) is 19.1. The first-order chi connectivity index (χ1) is 15.6. The Bertz CT molecular complexity index is 1140. The topological polar surface area (TPSA) is 85.2 Å². The Hall–Kier alpha value is -2.27. The molecule has 8 nitrogen and oxygen atoms in total. The summed E-state index contributed by atoms with van der Waals surface area (Å²) in [5.74, 6) is 0.249. The van der Waals surface area contributed by atoms with Crippen LogP contribution in [0.2, 0.25) is 0 Å². The van der Waals surface area contributed by atoms with Crippen molar-refractivity contribution in [2.75, 3.05) is 31.6 Å². The number of ether oxygens (including phenoxy) is 2. The predicted molar refractivity (Wildman–Crippen MR) is 128 cm³/mol. The lowest BCUT2D eigenvalue weighted by atomic mass is 10.2. The largest absolute Gasteiger partial charge is 0.376 e. The molecule has 3 aliphatic heterocycles. The molecule has 0 unspecified atom stereocenters. The third-order valence-corrected chi connectivity index (χ3v) is 7.23. The van der Waals surface area contributed by atoms with Crippen LogP contribution in [0.5, 0.6) is 0 Å². The summed E-state index contributed by atoms with van der Waals surface area (Å²) in [6.07, 6.45) is 7.29. The molecule has 168 valence electrons. The Morgan fingerprint density at radius 3 is 2.72 bits per heavy atom. The van der Waals surface area contributed by atoms with Crippen molar-refractivity contribution in [1.29, 1.82) is 0 Å². The van der Waals surface area contributed by atoms with Crippen LogP contribution in [0, 0.1) is 0 Å². The van der Waals surface area contributed by atoms with E-state index in [1.807, 2.05) is 6.07 Å². The van der Waals surface area contributed by atoms with Gasteiger partial charge in [0.25, 0.3) is 11.5 Å². The van der Waals surface area contributed by atoms with Gasteiger partial charge in [0.15, 0.2) is 0 Å². The smallest absolute Gasteiger partial charge is 0.267 e. The zero-order chi connectivity index (χ0) is 22.1. The van der Waals surface area contributed by atoms with Gasteiger partial charge in [-0.25, -0.2) is 4.98 Å². The third kappa shape index (κ3) is 4.32. The highest BCUT2D eigenvalue weighted by Gasteiger charge is 2.35. The van der Waals surface area contributed by atoms with Gasteiger partial charge in [-0.05, 0) is 43.9 Å². The molecule has 3 saturated heterocycles. The van der Waals surface area contributed by atoms with E-state index in [2.05, 4.69) is 10.3 Å². The third-order valence-electron chi connectivity index (χ3n) is 5.85. The van der Waals surface area contributed by atoms with Crippen LogP contribution in [0.25, 0.3) is 11.7 Å². The van der Waals surface area contributed by atoms with Crippen molar-refractivity contribution in [2.45, 2.75) is 37.9 Å². The zero-order valence-electron chi connectivity index (χ0n) is 17.5. The normalized spacial score (nSPS) is 24.9. The lowest BCUT2D eigenvalue weighted by Crippen LogP contribution is -2.35. The van der Waals surface area contributed by atoms with Gasteiger partial charge < -0.3 is 14.8 Å². The molecule has 0 radical (unpaired) electrons. The van der Waals surface area contributed by atoms with Crippen LogP contribution in [0.4, 0.5) is 5.82 Å². The number of rotatable bonds is 6. The molecule has 5 heterocycles. The first-order valence-corrected chi connectivity index (χ1v) is 12.1. The molecule has 0 aromatic carbocycles. The van der Waals surface area contributed by atoms with E-state index in [0.29, 0.717) is 46.0 Å². The molecule has 32 heavy (non-hydrogen) atoms. The minimum Gasteiger partial charge on any atom is -0.376 e. The summed E-state index contributed by atoms with van der Waals surface area (Å²) in [6.45, 7) is 2.46. The molecule has 10 heteroatoms. The lowest BCUT2D eigenvalue weighted by molar-refractivity contribution is -0.123. The number of hydrogen-bond donors (Lipinski definition) is 1. The number of nitrogens with one attached hydrogen (secondary N) is 1. The van der Waals surface area contributed by atoms with Crippen molar-refractivity contribution in [3.63, 3.8) is 0 Å². The fourth-order valence-electron chi connectivity index (χ4n) is 4.16. The van der Waals surface area contributed by atoms with E-state index in [9.17, 15) is 9.59 Å². The van der Waals surface area contributed by atoms with Crippen molar-refractivity contribution in [1.82, 2.24) is 14.3 Å². The maximum absolute atomic E-state index is 13.3. The average molecular weight is 473 g/mol. The molecule has 3 aliphatic rings. The number of carbonyl (C=O) groups is 1. The Labute approximate surface area is 195 Å². The molecule has 3 fully saturated rings. The molecule has 1 amide bonds. The number of carbonyl (C=O) groups excluding carboxylic acids is 1. The Morgan fingerprint density at radius 1 is 1.19 bits per heavy atom. The van der Waals surface area contributed by atoms with Gasteiger partial charge in [-0.15, -0.1) is 0 Å². The fraction of sp³-hybridized carbons (Fsp3) is 0.455. The number of fused-ring (bicyclic) bond motifs is 1. The number of aromatic nitrogens is 2. The van der Waals surface area contributed by atoms with E-state index in [4.69, 9.17) is 21.7 Å². The van der Waals surface area contributed by atoms with Gasteiger partial charge >= 0.3 is 0 Å². The first-order valence-electron chi connectivity index (χ1n) is 10.8. The lowest BCUT2D eigenvalue weighted by Gasteiger charge is -2.18. The molecule has 0 aliphatic carbocycles. The second-order valence-electron chi connectivity index (χ2n) is 8.05. The number of amides is 1. The van der Waals surface area contributed by atoms with Gasteiger partial charge in [-0.3, -0.25) is 18.9 Å². The summed E-state index contributed by atoms with van der Waals surface area (Å²) in [4.78, 5) is 33.0. The molecule has 0 saturated carbocycles. The second-order valence-corrected chi connectivity index (χ2v) is 9.73. The SMILES string of the molecule is O=C1/C(=C\c2c(NC[C@@H]3CCCO3)nc3ccccn3c2=O)SC(=S)N1C[C@H]1CCCO1. The number of pyridine rings is 1. The van der Waals surface area contributed by atoms with Crippen molar-refractivity contribution in [3.8, 4) is 0 Å². The van der Waals surface area contributed by atoms with Gasteiger partial charge in [-0.2, -0.15) is 0 Å². The van der Waals surface area contributed by atoms with Crippen molar-refractivity contribution >= 4 is 51.7 Å². The van der Waals surface area contributed by atoms with Crippen LogP contribution in [0.1, 0.15) is 31.2 Å². The number of thioether (sulfide) groups is 1. The van der Waals surface area contributed by atoms with Crippen molar-refractivity contribution < 1.29 is 14.3 Å². The highest BCUT2D eigenvalue weighted by atomic mass is 32.2. The summed E-state index contributed by atoms with van der Waals surface area (Å²) < 4.78 is 13.3. The molecule has 2 aromatic heterocycles. The molecular formula is C22H24N4O4S2. The molecule has 2 aromatic rings. The Kier molecular flexibility index (Phi) is 6.27. The fourth-order valence-corrected chi connectivity index (χ4v) is 5.42. The van der Waals surface area contributed by atoms with Crippen molar-refractivity contribution in [3.05, 3.63) is 45.2 Å². The number of anilines is 1. The minimum atomic E-state index is -0.241.